The van der Waals surface area contributed by atoms with Gasteiger partial charge in [-0.1, -0.05) is 59.2 Å². The largest absolute Gasteiger partial charge is 0.507 e. The summed E-state index contributed by atoms with van der Waals surface area (Å²) in [5.41, 5.74) is 7.38. The lowest BCUT2D eigenvalue weighted by atomic mass is 9.85. The number of phenolic OH excluding ortho intramolecular Hbond substituents is 1. The molecule has 42 heavy (non-hydrogen) atoms. The number of Topliss-reactive ketones (excluding diaryl/α,β-unsaturated/α-hetero) is 1. The third-order valence-electron chi connectivity index (χ3n) is 8.40. The zero-order valence-corrected chi connectivity index (χ0v) is 27.0. The van der Waals surface area contributed by atoms with Gasteiger partial charge in [0.15, 0.2) is 5.78 Å². The number of phenols is 1. The highest BCUT2D eigenvalue weighted by molar-refractivity contribution is 6.02. The van der Waals surface area contributed by atoms with Crippen LogP contribution < -0.4 is 10.6 Å². The number of carbonyl (C=O) groups excluding carboxylic acids is 1. The molecule has 0 bridgehead atoms. The maximum absolute atomic E-state index is 12.9. The molecule has 0 spiro atoms. The van der Waals surface area contributed by atoms with Crippen molar-refractivity contribution in [2.75, 3.05) is 39.3 Å². The first kappa shape index (κ1) is 33.5. The van der Waals surface area contributed by atoms with Gasteiger partial charge < -0.3 is 20.6 Å². The molecule has 1 saturated carbocycles. The molecule has 6 nitrogen and oxygen atoms in total. The molecular weight excluding hydrogens is 520 g/mol. The average Bonchev–Trinajstić information content (AvgIpc) is 3.86. The van der Waals surface area contributed by atoms with Crippen LogP contribution in [0.1, 0.15) is 95.0 Å². The average molecular weight is 575 g/mol. The molecule has 1 unspecified atom stereocenters. The van der Waals surface area contributed by atoms with Gasteiger partial charge in [-0.25, -0.2) is 0 Å². The summed E-state index contributed by atoms with van der Waals surface area (Å²) in [4.78, 5) is 20.2. The highest BCUT2D eigenvalue weighted by Crippen LogP contribution is 2.40. The molecule has 2 aliphatic heterocycles. The number of nitrogens with zero attached hydrogens (tertiary/aromatic N) is 2. The molecule has 3 N–H and O–H groups in total. The third-order valence-corrected chi connectivity index (χ3v) is 8.40. The zero-order valence-electron chi connectivity index (χ0n) is 27.0. The van der Waals surface area contributed by atoms with Gasteiger partial charge >= 0.3 is 0 Å². The first-order chi connectivity index (χ1) is 20.4. The van der Waals surface area contributed by atoms with Gasteiger partial charge in [-0.05, 0) is 87.2 Å². The summed E-state index contributed by atoms with van der Waals surface area (Å²) in [5.74, 6) is 1.45. The number of allylic oxidation sites excluding steroid dienone is 1. The number of aryl methyl sites for hydroxylation is 2. The summed E-state index contributed by atoms with van der Waals surface area (Å²) < 4.78 is 0. The molecule has 3 aliphatic rings. The summed E-state index contributed by atoms with van der Waals surface area (Å²) in [6.07, 6.45) is 8.98. The van der Waals surface area contributed by atoms with Crippen molar-refractivity contribution in [3.05, 3.63) is 64.5 Å². The molecule has 5 rings (SSSR count). The van der Waals surface area contributed by atoms with Crippen LogP contribution in [0.2, 0.25) is 0 Å². The lowest BCUT2D eigenvalue weighted by molar-refractivity contribution is -0.113. The van der Waals surface area contributed by atoms with Gasteiger partial charge in [-0.15, -0.1) is 0 Å². The van der Waals surface area contributed by atoms with E-state index in [9.17, 15) is 9.90 Å². The van der Waals surface area contributed by atoms with Crippen molar-refractivity contribution in [1.29, 1.82) is 0 Å². The van der Waals surface area contributed by atoms with Gasteiger partial charge in [0.05, 0.1) is 5.69 Å². The van der Waals surface area contributed by atoms with Crippen molar-refractivity contribution in [3.8, 4) is 17.0 Å². The molecule has 1 aromatic carbocycles. The quantitative estimate of drug-likeness (QED) is 0.221. The zero-order chi connectivity index (χ0) is 30.6. The number of aromatic hydroxyl groups is 1. The van der Waals surface area contributed by atoms with Crippen molar-refractivity contribution in [2.24, 2.45) is 5.92 Å². The number of ketones is 1. The first-order valence-corrected chi connectivity index (χ1v) is 16.3. The van der Waals surface area contributed by atoms with E-state index in [0.29, 0.717) is 11.5 Å². The molecule has 2 saturated heterocycles. The minimum absolute atomic E-state index is 0.0211. The SMILES string of the molecule is C=C(/C(=C/c1c(C2CCCNC2)cc(-c2c(O)cccc2CCC2CC2)nc1C)C(C)=O)N1CCNCC1.CC.CC. The normalized spacial score (nSPS) is 18.8. The minimum atomic E-state index is 0.0211. The molecule has 2 aromatic rings. The second-order valence-corrected chi connectivity index (χ2v) is 11.2. The van der Waals surface area contributed by atoms with Crippen LogP contribution in [0.4, 0.5) is 0 Å². The number of piperazine rings is 1. The van der Waals surface area contributed by atoms with Gasteiger partial charge in [0.25, 0.3) is 0 Å². The molecule has 1 aromatic heterocycles. The summed E-state index contributed by atoms with van der Waals surface area (Å²) in [6, 6.07) is 8.03. The second-order valence-electron chi connectivity index (χ2n) is 11.2. The lowest BCUT2D eigenvalue weighted by Crippen LogP contribution is -2.43. The summed E-state index contributed by atoms with van der Waals surface area (Å²) in [6.45, 7) is 21.4. The van der Waals surface area contributed by atoms with Crippen molar-refractivity contribution in [2.45, 2.75) is 86.0 Å². The predicted molar refractivity (Wildman–Crippen MR) is 177 cm³/mol. The molecule has 6 heteroatoms. The van der Waals surface area contributed by atoms with Gasteiger partial charge in [-0.2, -0.15) is 0 Å². The predicted octanol–water partition coefficient (Wildman–Crippen LogP) is 7.02. The van der Waals surface area contributed by atoms with E-state index in [1.54, 1.807) is 13.0 Å². The smallest absolute Gasteiger partial charge is 0.161 e. The molecule has 3 fully saturated rings. The summed E-state index contributed by atoms with van der Waals surface area (Å²) in [5, 5.41) is 17.9. The molecule has 1 atom stereocenters. The van der Waals surface area contributed by atoms with Crippen LogP contribution in [0.5, 0.6) is 5.75 Å². The van der Waals surface area contributed by atoms with Crippen LogP contribution in [0, 0.1) is 12.8 Å². The van der Waals surface area contributed by atoms with Crippen LogP contribution in [0.15, 0.2) is 42.1 Å². The molecule has 1 aliphatic carbocycles. The Labute approximate surface area is 254 Å². The Kier molecular flexibility index (Phi) is 13.3. The fourth-order valence-corrected chi connectivity index (χ4v) is 5.97. The molecule has 230 valence electrons. The van der Waals surface area contributed by atoms with E-state index in [1.807, 2.05) is 46.8 Å². The molecule has 0 radical (unpaired) electrons. The third kappa shape index (κ3) is 8.54. The van der Waals surface area contributed by atoms with Crippen molar-refractivity contribution < 1.29 is 9.90 Å². The second kappa shape index (κ2) is 16.6. The van der Waals surface area contributed by atoms with Crippen LogP contribution in [0.25, 0.3) is 17.3 Å². The fraction of sp³-hybridized carbons (Fsp3) is 0.556. The Hall–Kier alpha value is -2.96. The Morgan fingerprint density at radius 3 is 2.43 bits per heavy atom. The topological polar surface area (TPSA) is 77.5 Å². The van der Waals surface area contributed by atoms with Crippen molar-refractivity contribution in [3.63, 3.8) is 0 Å². The minimum Gasteiger partial charge on any atom is -0.507 e. The number of hydrogen-bond acceptors (Lipinski definition) is 6. The number of hydrogen-bond donors (Lipinski definition) is 3. The van der Waals surface area contributed by atoms with E-state index in [1.165, 1.54) is 18.4 Å². The number of pyridine rings is 1. The van der Waals surface area contributed by atoms with Crippen LogP contribution in [0.3, 0.4) is 0 Å². The van der Waals surface area contributed by atoms with Gasteiger partial charge in [0, 0.05) is 60.8 Å². The van der Waals surface area contributed by atoms with Crippen molar-refractivity contribution >= 4 is 11.9 Å². The summed E-state index contributed by atoms with van der Waals surface area (Å²) >= 11 is 0. The monoisotopic (exact) mass is 574 g/mol. The van der Waals surface area contributed by atoms with E-state index < -0.39 is 0 Å². The maximum Gasteiger partial charge on any atom is 0.161 e. The van der Waals surface area contributed by atoms with E-state index in [2.05, 4.69) is 34.2 Å². The van der Waals surface area contributed by atoms with Gasteiger partial charge in [0.1, 0.15) is 5.75 Å². The fourth-order valence-electron chi connectivity index (χ4n) is 5.97. The van der Waals surface area contributed by atoms with E-state index in [0.717, 1.165) is 105 Å². The Morgan fingerprint density at radius 1 is 1.10 bits per heavy atom. The molecular formula is C36H54N4O2. The first-order valence-electron chi connectivity index (χ1n) is 16.3. The standard InChI is InChI=1S/C32H42N4O2.2C2H6/c1-21-27(18-28(23(3)37)22(2)36-16-14-33-15-17-36)29(26-7-5-13-34-20-26)19-30(35-21)32-25(6-4-8-31(32)38)12-11-24-9-10-24;2*1-2/h4,6,8,18-19,24,26,33-34,38H,2,5,7,9-17,20H2,1,3H3;2*1-2H3/b28-18-;;. The van der Waals surface area contributed by atoms with Crippen LogP contribution >= 0.6 is 0 Å². The number of piperidine rings is 1. The highest BCUT2D eigenvalue weighted by atomic mass is 16.3. The maximum atomic E-state index is 12.9. The van der Waals surface area contributed by atoms with E-state index >= 15 is 0 Å². The molecule has 0 amide bonds. The van der Waals surface area contributed by atoms with Crippen molar-refractivity contribution in [1.82, 2.24) is 20.5 Å². The van der Waals surface area contributed by atoms with E-state index in [4.69, 9.17) is 4.98 Å². The van der Waals surface area contributed by atoms with Crippen LogP contribution in [-0.2, 0) is 11.2 Å². The van der Waals surface area contributed by atoms with Crippen LogP contribution in [-0.4, -0.2) is 60.0 Å². The summed E-state index contributed by atoms with van der Waals surface area (Å²) in [7, 11) is 0. The highest BCUT2D eigenvalue weighted by Gasteiger charge is 2.26. The van der Waals surface area contributed by atoms with E-state index in [-0.39, 0.29) is 11.5 Å². The number of nitrogens with one attached hydrogen (secondary N) is 2. The number of carbonyl (C=O) groups is 1. The number of rotatable bonds is 9. The number of aromatic nitrogens is 1. The lowest BCUT2D eigenvalue weighted by Gasteiger charge is -2.32. The van der Waals surface area contributed by atoms with Gasteiger partial charge in [0.2, 0.25) is 0 Å². The Bertz CT molecular complexity index is 1220. The number of benzene rings is 1. The Morgan fingerprint density at radius 2 is 1.81 bits per heavy atom. The molecule has 3 heterocycles. The Balaban J connectivity index is 0.00000116. The van der Waals surface area contributed by atoms with Gasteiger partial charge in [-0.3, -0.25) is 9.78 Å².